The Morgan fingerprint density at radius 3 is 1.69 bits per heavy atom. The second kappa shape index (κ2) is 22.6. The van der Waals surface area contributed by atoms with Crippen LogP contribution in [0.25, 0.3) is 0 Å². The van der Waals surface area contributed by atoms with Crippen molar-refractivity contribution in [1.29, 1.82) is 0 Å². The zero-order chi connectivity index (χ0) is 11.1. The molecule has 0 aliphatic rings. The second-order valence-electron chi connectivity index (χ2n) is 2.69. The zero-order valence-electron chi connectivity index (χ0n) is 9.34. The molecule has 0 aliphatic carbocycles. The van der Waals surface area contributed by atoms with Crippen LogP contribution < -0.4 is 0 Å². The molecule has 0 aromatic rings. The van der Waals surface area contributed by atoms with E-state index in [0.29, 0.717) is 6.61 Å². The Bertz CT molecular complexity index is 74.2. The molecule has 3 nitrogen and oxygen atoms in total. The molecule has 0 fully saturated rings. The summed E-state index contributed by atoms with van der Waals surface area (Å²) in [7, 11) is 1.00. The molecule has 0 unspecified atom stereocenters. The van der Waals surface area contributed by atoms with Crippen molar-refractivity contribution in [2.45, 2.75) is 46.5 Å². The minimum absolute atomic E-state index is 0.167. The van der Waals surface area contributed by atoms with Crippen LogP contribution in [-0.4, -0.2) is 29.7 Å². The third kappa shape index (κ3) is 82.7. The molecular weight excluding hydrogens is 168 g/mol. The molecule has 0 amide bonds. The summed E-state index contributed by atoms with van der Waals surface area (Å²) in [5.41, 5.74) is 0. The second-order valence-corrected chi connectivity index (χ2v) is 2.69. The fourth-order valence-electron chi connectivity index (χ4n) is 0.539. The molecule has 0 heterocycles. The van der Waals surface area contributed by atoms with Crippen LogP contribution in [-0.2, 0) is 4.79 Å². The van der Waals surface area contributed by atoms with Gasteiger partial charge < -0.3 is 15.0 Å². The highest BCUT2D eigenvalue weighted by atomic mass is 16.3. The maximum atomic E-state index is 9.44. The van der Waals surface area contributed by atoms with Crippen LogP contribution in [0.3, 0.4) is 0 Å². The Kier molecular flexibility index (Phi) is 31.9. The first-order valence-corrected chi connectivity index (χ1v) is 4.67. The van der Waals surface area contributed by atoms with Gasteiger partial charge in [-0.05, 0) is 20.3 Å². The number of rotatable bonds is 4. The van der Waals surface area contributed by atoms with Gasteiger partial charge in [0.2, 0.25) is 0 Å². The Hall–Kier alpha value is -0.410. The van der Waals surface area contributed by atoms with E-state index in [9.17, 15) is 4.79 Å². The Morgan fingerprint density at radius 1 is 1.08 bits per heavy atom. The first-order valence-electron chi connectivity index (χ1n) is 4.67. The van der Waals surface area contributed by atoms with E-state index in [1.807, 2.05) is 0 Å². The van der Waals surface area contributed by atoms with Gasteiger partial charge in [-0.15, -0.1) is 0 Å². The number of aliphatic hydroxyl groups excluding tert-OH is 2. The van der Waals surface area contributed by atoms with Crippen LogP contribution >= 0.6 is 0 Å². The predicted molar refractivity (Wildman–Crippen MR) is 55.7 cm³/mol. The quantitative estimate of drug-likeness (QED) is 0.667. The standard InChI is InChI=1S/C6H14O.C3H6O.CH4O/c1-2-3-4-5-6-7;1-3(2)4;1-2/h7H,2-6H2,1H3;1-2H3;2H,1H3. The van der Waals surface area contributed by atoms with Crippen LogP contribution in [0.1, 0.15) is 46.5 Å². The van der Waals surface area contributed by atoms with Gasteiger partial charge in [-0.25, -0.2) is 0 Å². The zero-order valence-corrected chi connectivity index (χ0v) is 9.34. The highest BCUT2D eigenvalue weighted by Gasteiger charge is 1.80. The van der Waals surface area contributed by atoms with Crippen molar-refractivity contribution in [3.8, 4) is 0 Å². The molecule has 0 radical (unpaired) electrons. The topological polar surface area (TPSA) is 57.5 Å². The molecule has 0 rings (SSSR count). The van der Waals surface area contributed by atoms with Gasteiger partial charge in [0.1, 0.15) is 5.78 Å². The lowest BCUT2D eigenvalue weighted by atomic mass is 10.2. The number of carbonyl (C=O) groups excluding carboxylic acids is 1. The van der Waals surface area contributed by atoms with E-state index in [0.717, 1.165) is 13.5 Å². The first kappa shape index (κ1) is 18.4. The fourth-order valence-corrected chi connectivity index (χ4v) is 0.539. The molecule has 0 bridgehead atoms. The molecule has 0 saturated carbocycles. The molecule has 2 N–H and O–H groups in total. The number of unbranched alkanes of at least 4 members (excludes halogenated alkanes) is 3. The minimum atomic E-state index is 0.167. The normalized spacial score (nSPS) is 7.54. The van der Waals surface area contributed by atoms with Crippen LogP contribution in [0.15, 0.2) is 0 Å². The first-order chi connectivity index (χ1) is 6.15. The smallest absolute Gasteiger partial charge is 0.126 e. The summed E-state index contributed by atoms with van der Waals surface area (Å²) in [5, 5.41) is 15.3. The van der Waals surface area contributed by atoms with Crippen molar-refractivity contribution in [3.05, 3.63) is 0 Å². The summed E-state index contributed by atoms with van der Waals surface area (Å²) in [6.45, 7) is 5.58. The Labute approximate surface area is 81.8 Å². The number of carbonyl (C=O) groups is 1. The Morgan fingerprint density at radius 2 is 1.46 bits per heavy atom. The molecule has 82 valence electrons. The third-order valence-electron chi connectivity index (χ3n) is 1.01. The highest BCUT2D eigenvalue weighted by molar-refractivity contribution is 5.72. The summed E-state index contributed by atoms with van der Waals surface area (Å²) in [6.07, 6.45) is 4.68. The van der Waals surface area contributed by atoms with Gasteiger partial charge in [0.15, 0.2) is 0 Å². The number of hydrogen-bond donors (Lipinski definition) is 2. The Balaban J connectivity index is -0.000000142. The van der Waals surface area contributed by atoms with Crippen LogP contribution in [0.2, 0.25) is 0 Å². The summed E-state index contributed by atoms with van der Waals surface area (Å²) < 4.78 is 0. The average Bonchev–Trinajstić information content (AvgIpc) is 2.08. The maximum absolute atomic E-state index is 9.44. The van der Waals surface area contributed by atoms with Crippen molar-refractivity contribution in [2.75, 3.05) is 13.7 Å². The molecule has 3 heteroatoms. The highest BCUT2D eigenvalue weighted by Crippen LogP contribution is 1.95. The fraction of sp³-hybridized carbons (Fsp3) is 0.900. The third-order valence-corrected chi connectivity index (χ3v) is 1.01. The molecule has 0 aromatic heterocycles. The van der Waals surface area contributed by atoms with E-state index < -0.39 is 0 Å². The summed E-state index contributed by atoms with van der Waals surface area (Å²) in [4.78, 5) is 9.44. The van der Waals surface area contributed by atoms with E-state index in [4.69, 9.17) is 10.2 Å². The van der Waals surface area contributed by atoms with E-state index in [1.54, 1.807) is 0 Å². The predicted octanol–water partition coefficient (Wildman–Crippen LogP) is 1.76. The molecule has 0 aliphatic heterocycles. The van der Waals surface area contributed by atoms with Crippen molar-refractivity contribution < 1.29 is 15.0 Å². The monoisotopic (exact) mass is 192 g/mol. The van der Waals surface area contributed by atoms with Crippen molar-refractivity contribution in [3.63, 3.8) is 0 Å². The van der Waals surface area contributed by atoms with Gasteiger partial charge in [-0.2, -0.15) is 0 Å². The van der Waals surface area contributed by atoms with Gasteiger partial charge in [-0.1, -0.05) is 26.2 Å². The van der Waals surface area contributed by atoms with Crippen molar-refractivity contribution in [1.82, 2.24) is 0 Å². The van der Waals surface area contributed by atoms with Crippen LogP contribution in [0, 0.1) is 0 Å². The molecule has 0 spiro atoms. The SMILES string of the molecule is CC(C)=O.CCCCCCO.CO. The van der Waals surface area contributed by atoms with Gasteiger partial charge in [0.25, 0.3) is 0 Å². The van der Waals surface area contributed by atoms with E-state index in [2.05, 4.69) is 6.92 Å². The lowest BCUT2D eigenvalue weighted by Crippen LogP contribution is -1.80. The lowest BCUT2D eigenvalue weighted by Gasteiger charge is -1.90. The number of hydrogen-bond acceptors (Lipinski definition) is 3. The van der Waals surface area contributed by atoms with Crippen molar-refractivity contribution in [2.24, 2.45) is 0 Å². The molecule has 13 heavy (non-hydrogen) atoms. The van der Waals surface area contributed by atoms with Gasteiger partial charge in [-0.3, -0.25) is 0 Å². The van der Waals surface area contributed by atoms with Crippen LogP contribution in [0.4, 0.5) is 0 Å². The number of aliphatic hydroxyl groups is 2. The molecule has 0 saturated heterocycles. The van der Waals surface area contributed by atoms with Crippen LogP contribution in [0.5, 0.6) is 0 Å². The molecular formula is C10H24O3. The van der Waals surface area contributed by atoms with Gasteiger partial charge >= 0.3 is 0 Å². The summed E-state index contributed by atoms with van der Waals surface area (Å²) in [6, 6.07) is 0. The van der Waals surface area contributed by atoms with Gasteiger partial charge in [0, 0.05) is 13.7 Å². The number of Topliss-reactive ketones (excluding diaryl/α,β-unsaturated/α-hetero) is 1. The maximum Gasteiger partial charge on any atom is 0.126 e. The van der Waals surface area contributed by atoms with E-state index in [1.165, 1.54) is 33.1 Å². The van der Waals surface area contributed by atoms with E-state index in [-0.39, 0.29) is 5.78 Å². The summed E-state index contributed by atoms with van der Waals surface area (Å²) in [5.74, 6) is 0.167. The summed E-state index contributed by atoms with van der Waals surface area (Å²) >= 11 is 0. The molecule has 0 aromatic carbocycles. The van der Waals surface area contributed by atoms with Crippen molar-refractivity contribution >= 4 is 5.78 Å². The minimum Gasteiger partial charge on any atom is -0.400 e. The van der Waals surface area contributed by atoms with E-state index >= 15 is 0 Å². The number of ketones is 1. The lowest BCUT2D eigenvalue weighted by molar-refractivity contribution is -0.114. The largest absolute Gasteiger partial charge is 0.400 e. The average molecular weight is 192 g/mol. The van der Waals surface area contributed by atoms with Gasteiger partial charge in [0.05, 0.1) is 0 Å². The molecule has 0 atom stereocenters.